The Morgan fingerprint density at radius 2 is 0.627 bits per heavy atom. The summed E-state index contributed by atoms with van der Waals surface area (Å²) < 4.78 is 216. The third-order valence-corrected chi connectivity index (χ3v) is 30.1. The number of carbonyl (C=O) groups is 1. The smallest absolute Gasteiger partial charge is 0.319 e. The third-order valence-electron chi connectivity index (χ3n) is 16.8. The minimum absolute atomic E-state index is 0. The molecule has 0 radical (unpaired) electrons. The first-order valence-corrected chi connectivity index (χ1v) is 59.0. The van der Waals surface area contributed by atoms with E-state index in [1.54, 1.807) is 181 Å². The Morgan fingerprint density at radius 3 is 0.852 bits per heavy atom. The Balaban J connectivity index is 0.000000279. The van der Waals surface area contributed by atoms with Crippen LogP contribution in [0, 0.1) is 31.7 Å². The number of amides is 2. The fourth-order valence-electron chi connectivity index (χ4n) is 11.9. The summed E-state index contributed by atoms with van der Waals surface area (Å²) in [6.45, 7) is 28.1. The molecular weight excluding hydrogens is 2090 g/mol. The van der Waals surface area contributed by atoms with Gasteiger partial charge >= 0.3 is 6.03 Å². The molecule has 53 heteroatoms. The van der Waals surface area contributed by atoms with Crippen LogP contribution in [-0.4, -0.2) is 162 Å². The van der Waals surface area contributed by atoms with Gasteiger partial charge in [-0.05, 0) is 232 Å². The van der Waals surface area contributed by atoms with Gasteiger partial charge in [0.25, 0.3) is 17.6 Å². The van der Waals surface area contributed by atoms with Crippen molar-refractivity contribution in [1.82, 2.24) is 44.1 Å². The molecule has 0 saturated heterocycles. The summed E-state index contributed by atoms with van der Waals surface area (Å²) in [5.74, 6) is 0. The zero-order valence-corrected chi connectivity index (χ0v) is 90.2. The van der Waals surface area contributed by atoms with E-state index >= 15 is 0 Å². The van der Waals surface area contributed by atoms with Crippen LogP contribution >= 0.6 is 56.0 Å². The molecule has 0 saturated carbocycles. The highest BCUT2D eigenvalue weighted by molar-refractivity contribution is 8.13. The van der Waals surface area contributed by atoms with Crippen LogP contribution in [0.3, 0.4) is 0 Å². The van der Waals surface area contributed by atoms with Crippen molar-refractivity contribution in [2.24, 2.45) is 0 Å². The minimum atomic E-state index is -4.03. The van der Waals surface area contributed by atoms with E-state index in [-0.39, 0.29) is 73.6 Å². The number of anilines is 6. The van der Waals surface area contributed by atoms with E-state index in [9.17, 15) is 92.4 Å². The zero-order valence-electron chi connectivity index (χ0n) is 79.7. The second-order valence-corrected chi connectivity index (χ2v) is 54.6. The van der Waals surface area contributed by atoms with Crippen molar-refractivity contribution in [1.29, 1.82) is 5.26 Å². The molecule has 13 N–H and O–H groups in total. The highest BCUT2D eigenvalue weighted by atomic mass is 35.7. The molecule has 0 spiro atoms. The molecule has 0 fully saturated rings. The van der Waals surface area contributed by atoms with Crippen molar-refractivity contribution < 1.29 is 86.7 Å². The average Bonchev–Trinajstić information content (AvgIpc) is 1.47. The molecule has 0 atom stereocenters. The molecule has 4 aromatic heterocycles. The predicted molar refractivity (Wildman–Crippen MR) is 566 cm³/mol. The Bertz CT molecular complexity index is 7540. The molecule has 2 amide bonds. The number of benzene rings is 8. The lowest BCUT2D eigenvalue weighted by molar-refractivity contribution is -0.385. The predicted octanol–water partition coefficient (Wildman–Crippen LogP) is 17.6. The number of thiazole rings is 4. The maximum absolute atomic E-state index is 13.3. The fourth-order valence-corrected chi connectivity index (χ4v) is 24.4. The van der Waals surface area contributed by atoms with Crippen LogP contribution in [0.4, 0.5) is 50.3 Å². The highest BCUT2D eigenvalue weighted by Gasteiger charge is 2.33. The van der Waals surface area contributed by atoms with E-state index in [1.165, 1.54) is 124 Å². The highest BCUT2D eigenvalue weighted by Crippen LogP contribution is 2.43. The van der Waals surface area contributed by atoms with Gasteiger partial charge in [-0.1, -0.05) is 31.7 Å². The van der Waals surface area contributed by atoms with E-state index in [2.05, 4.69) is 79.0 Å². The number of sulfonamides is 7. The number of nitro groups is 2. The number of halogens is 1. The molecule has 0 aliphatic rings. The van der Waals surface area contributed by atoms with Gasteiger partial charge in [0.1, 0.15) is 26.1 Å². The van der Waals surface area contributed by atoms with Gasteiger partial charge in [-0.3, -0.25) is 34.4 Å². The van der Waals surface area contributed by atoms with Crippen LogP contribution in [-0.2, 0) is 84.0 Å². The van der Waals surface area contributed by atoms with Crippen LogP contribution in [0.25, 0.3) is 84.0 Å². The SMILES string of the molecule is C.CC(C)(C)NS(=O)(=O)c1cc(N)ccc1-c1cnc(-c2ccc([N+](=O)[O-])cc2)s1.CC(C)(C)NS(=O)(=O)c1cc(NS(C)(=O)=O)ccc1-c1cnc(-c2ccc(N)cc2)s1.CC(C)(C)NS(=O)(=O)c1cc(NS(C)(=O)=O)ccc1-c1cnc(-c2ccc([N+](=O)[O-])cc2)s1.CC(C)NC(=O)Nc1ccc(-c2ncc(-c3ccc(NS(C)(=O)=O)cc3S(=O)(=O)NC(C)(C)C)s2)cc1.CC(C)OC#N.CS(=O)(=O)Cl. The van der Waals surface area contributed by atoms with Gasteiger partial charge in [0.05, 0.1) is 74.0 Å². The lowest BCUT2D eigenvalue weighted by Gasteiger charge is -2.22. The molecule has 8 aromatic carbocycles. The van der Waals surface area contributed by atoms with Crippen molar-refractivity contribution in [3.63, 3.8) is 0 Å². The summed E-state index contributed by atoms with van der Waals surface area (Å²) in [5, 5.41) is 37.5. The third kappa shape index (κ3) is 39.2. The Hall–Kier alpha value is -11.6. The van der Waals surface area contributed by atoms with Crippen molar-refractivity contribution in [2.75, 3.05) is 56.0 Å². The first-order chi connectivity index (χ1) is 64.6. The van der Waals surface area contributed by atoms with E-state index in [4.69, 9.17) is 16.7 Å². The van der Waals surface area contributed by atoms with Crippen LogP contribution in [0.2, 0.25) is 0 Å². The number of nitro benzene ring substituents is 2. The minimum Gasteiger partial charge on any atom is -0.425 e. The molecule has 0 aliphatic carbocycles. The number of ether oxygens (including phenoxy) is 1. The number of nitrogens with one attached hydrogen (secondary N) is 9. The van der Waals surface area contributed by atoms with Gasteiger partial charge in [-0.15, -0.1) is 45.3 Å². The largest absolute Gasteiger partial charge is 0.425 e. The number of hydrogen-bond acceptors (Lipinski definition) is 33. The van der Waals surface area contributed by atoms with Crippen LogP contribution in [0.1, 0.15) is 118 Å². The zero-order chi connectivity index (χ0) is 106. The number of nitrogens with two attached hydrogens (primary N) is 2. The van der Waals surface area contributed by atoms with Gasteiger partial charge in [-0.25, -0.2) is 111 Å². The second-order valence-electron chi connectivity index (χ2n) is 35.6. The van der Waals surface area contributed by atoms with Gasteiger partial charge in [0.15, 0.2) is 0 Å². The molecular formula is C89H111ClN18O22S12. The van der Waals surface area contributed by atoms with E-state index in [0.29, 0.717) is 90.0 Å². The Morgan fingerprint density at radius 1 is 0.394 bits per heavy atom. The number of nitriles is 1. The molecule has 12 aromatic rings. The lowest BCUT2D eigenvalue weighted by Crippen LogP contribution is -2.40. The quantitative estimate of drug-likeness (QED) is 0.00749. The summed E-state index contributed by atoms with van der Waals surface area (Å²) in [4.78, 5) is 52.5. The molecule has 142 heavy (non-hydrogen) atoms. The molecule has 0 bridgehead atoms. The van der Waals surface area contributed by atoms with Crippen LogP contribution in [0.15, 0.2) is 214 Å². The fraction of sp³-hybridized carbons (Fsp3) is 0.303. The summed E-state index contributed by atoms with van der Waals surface area (Å²) in [7, 11) is -25.3. The van der Waals surface area contributed by atoms with Crippen LogP contribution < -0.4 is 55.2 Å². The van der Waals surface area contributed by atoms with E-state index in [1.807, 2.05) is 52.0 Å². The van der Waals surface area contributed by atoms with Gasteiger partial charge in [0, 0.05) is 167 Å². The number of rotatable bonds is 27. The van der Waals surface area contributed by atoms with Crippen molar-refractivity contribution >= 4 is 187 Å². The first-order valence-electron chi connectivity index (χ1n) is 41.4. The maximum atomic E-state index is 13.3. The van der Waals surface area contributed by atoms with Gasteiger partial charge in [-0.2, -0.15) is 5.26 Å². The molecule has 4 heterocycles. The number of hydrogen-bond donors (Lipinski definition) is 11. The van der Waals surface area contributed by atoms with E-state index < -0.39 is 111 Å². The first kappa shape index (κ1) is 119. The van der Waals surface area contributed by atoms with Crippen molar-refractivity contribution in [2.45, 2.75) is 172 Å². The Kier molecular flexibility index (Phi) is 40.4. The topological polar surface area (TPSA) is 621 Å². The standard InChI is InChI=1S/C24H31N5O5S3.C20H22N4O6S3.C20H24N4O4S3.C19H20N4O4S2.C4H7NO.CH3ClO2S.CH4/c1-15(2)26-23(30)27-17-9-7-16(8-10-17)22-25-14-20(35-22)19-12-11-18(28-36(6,31)32)13-21(19)37(33,34)29-24(3,4)5;1-20(2,3)23-33(29,30)18-11-14(22-32(4,27)28)7-10-16(18)17-12-21-19(31-17)13-5-8-15(9-6-13)24(25)26;1-20(2,3)24-31(27,28)18-11-15(23-30(4,25)26)9-10-16(18)17-12-22-19(29-17)13-5-7-14(21)8-6-13;1-19(2,3)22-29(26,27)17-10-13(20)6-9-15(17)16-11-21-18(28-16)12-4-7-14(8-5-12)23(24)25;1-4(2)6-3-5;1-5(2,3)4;/h7-15,28-29H,1-6H3,(H2,26,27,30);5-12,22-23H,1-4H3;5-12,23-24H,21H2,1-4H3;4-11,22H,20H2,1-3H3;4H,1-2H3;1H3;1H4. The number of urea groups is 1. The molecule has 12 rings (SSSR count). The van der Waals surface area contributed by atoms with Crippen molar-refractivity contribution in [3.05, 3.63) is 215 Å². The number of nitrogen functional groups attached to an aromatic ring is 2. The normalized spacial score (nSPS) is 12.1. The average molecular weight is 2210 g/mol. The number of carbonyl (C=O) groups excluding carboxylic acids is 1. The van der Waals surface area contributed by atoms with Gasteiger partial charge in [0.2, 0.25) is 79.2 Å². The summed E-state index contributed by atoms with van der Waals surface area (Å²) in [5.41, 5.74) is 15.3. The number of aromatic nitrogens is 4. The summed E-state index contributed by atoms with van der Waals surface area (Å²) in [6, 6.07) is 43.7. The van der Waals surface area contributed by atoms with Crippen LogP contribution in [0.5, 0.6) is 0 Å². The molecule has 0 unspecified atom stereocenters. The van der Waals surface area contributed by atoms with Gasteiger partial charge < -0.3 is 26.8 Å². The summed E-state index contributed by atoms with van der Waals surface area (Å²) in [6.07, 6.45) is 11.8. The van der Waals surface area contributed by atoms with Crippen molar-refractivity contribution in [3.8, 4) is 90.3 Å². The number of nitrogens with zero attached hydrogens (tertiary/aromatic N) is 7. The lowest BCUT2D eigenvalue weighted by atomic mass is 10.1. The monoisotopic (exact) mass is 2200 g/mol. The molecule has 768 valence electrons. The number of non-ortho nitro benzene ring substituents is 2. The second kappa shape index (κ2) is 48.2. The molecule has 0 aliphatic heterocycles. The molecule has 40 nitrogen and oxygen atoms in total. The Labute approximate surface area is 848 Å². The summed E-state index contributed by atoms with van der Waals surface area (Å²) >= 11 is 5.12. The maximum Gasteiger partial charge on any atom is 0.319 e. The van der Waals surface area contributed by atoms with E-state index in [0.717, 1.165) is 36.1 Å².